The van der Waals surface area contributed by atoms with Gasteiger partial charge in [0.2, 0.25) is 0 Å². The molecule has 9 heteroatoms. The molecule has 120 valence electrons. The van der Waals surface area contributed by atoms with Crippen molar-refractivity contribution < 1.29 is 26.7 Å². The van der Waals surface area contributed by atoms with Gasteiger partial charge in [-0.3, -0.25) is 9.52 Å². The first-order valence-electron chi connectivity index (χ1n) is 6.40. The Morgan fingerprint density at radius 3 is 2.65 bits per heavy atom. The van der Waals surface area contributed by atoms with Crippen LogP contribution >= 0.6 is 0 Å². The molecule has 23 heavy (non-hydrogen) atoms. The van der Waals surface area contributed by atoms with Gasteiger partial charge in [0, 0.05) is 6.07 Å². The molecule has 2 N–H and O–H groups in total. The van der Waals surface area contributed by atoms with Crippen molar-refractivity contribution in [1.29, 1.82) is 0 Å². The second-order valence-corrected chi connectivity index (χ2v) is 6.38. The number of nitrogens with one attached hydrogen (secondary N) is 2. The molecule has 0 saturated carbocycles. The van der Waals surface area contributed by atoms with E-state index in [9.17, 15) is 22.0 Å². The summed E-state index contributed by atoms with van der Waals surface area (Å²) in [6.07, 6.45) is 0. The second-order valence-electron chi connectivity index (χ2n) is 4.73. The van der Waals surface area contributed by atoms with E-state index in [2.05, 4.69) is 10.0 Å². The summed E-state index contributed by atoms with van der Waals surface area (Å²) < 4.78 is 58.2. The molecule has 2 aromatic rings. The molecule has 0 unspecified atom stereocenters. The Hall–Kier alpha value is -2.68. The first kappa shape index (κ1) is 15.2. The largest absolute Gasteiger partial charge is 0.482 e. The molecule has 1 amide bonds. The lowest BCUT2D eigenvalue weighted by Gasteiger charge is -2.19. The average molecular weight is 340 g/mol. The van der Waals surface area contributed by atoms with Gasteiger partial charge in [-0.1, -0.05) is 0 Å². The average Bonchev–Trinajstić information content (AvgIpc) is 2.45. The smallest absolute Gasteiger partial charge is 0.264 e. The maximum atomic E-state index is 13.6. The Morgan fingerprint density at radius 1 is 1.13 bits per heavy atom. The highest BCUT2D eigenvalue weighted by atomic mass is 32.2. The summed E-state index contributed by atoms with van der Waals surface area (Å²) >= 11 is 0. The first-order chi connectivity index (χ1) is 10.8. The summed E-state index contributed by atoms with van der Waals surface area (Å²) in [6.45, 7) is -0.126. The van der Waals surface area contributed by atoms with E-state index < -0.39 is 26.6 Å². The Labute approximate surface area is 130 Å². The molecule has 0 atom stereocenters. The van der Waals surface area contributed by atoms with E-state index in [1.165, 1.54) is 18.2 Å². The third-order valence-electron chi connectivity index (χ3n) is 3.05. The molecule has 0 aromatic heterocycles. The number of anilines is 2. The minimum absolute atomic E-state index is 0.0956. The molecule has 0 spiro atoms. The van der Waals surface area contributed by atoms with Gasteiger partial charge in [-0.2, -0.15) is 0 Å². The number of fused-ring (bicyclic) bond motifs is 1. The number of halogens is 2. The van der Waals surface area contributed by atoms with Crippen molar-refractivity contribution in [3.8, 4) is 5.75 Å². The van der Waals surface area contributed by atoms with Gasteiger partial charge in [0.25, 0.3) is 15.9 Å². The van der Waals surface area contributed by atoms with Crippen LogP contribution in [-0.4, -0.2) is 20.9 Å². The molecule has 6 nitrogen and oxygen atoms in total. The van der Waals surface area contributed by atoms with Crippen molar-refractivity contribution in [1.82, 2.24) is 0 Å². The topological polar surface area (TPSA) is 84.5 Å². The van der Waals surface area contributed by atoms with Crippen molar-refractivity contribution in [3.63, 3.8) is 0 Å². The third-order valence-corrected chi connectivity index (χ3v) is 4.46. The van der Waals surface area contributed by atoms with Crippen molar-refractivity contribution in [2.75, 3.05) is 16.6 Å². The summed E-state index contributed by atoms with van der Waals surface area (Å²) in [6, 6.07) is 6.36. The number of rotatable bonds is 3. The maximum absolute atomic E-state index is 13.6. The molecule has 2 aromatic carbocycles. The molecule has 0 fully saturated rings. The Kier molecular flexibility index (Phi) is 3.64. The molecule has 0 bridgehead atoms. The quantitative estimate of drug-likeness (QED) is 0.896. The van der Waals surface area contributed by atoms with Crippen LogP contribution in [0.1, 0.15) is 0 Å². The SMILES string of the molecule is O=C1COc2ccc(NS(=O)(=O)c3ccc(F)cc3F)cc2N1. The number of carbonyl (C=O) groups is 1. The molecular weight excluding hydrogens is 330 g/mol. The molecule has 1 aliphatic heterocycles. The van der Waals surface area contributed by atoms with Gasteiger partial charge in [0.05, 0.1) is 11.4 Å². The second kappa shape index (κ2) is 5.51. The predicted molar refractivity (Wildman–Crippen MR) is 77.7 cm³/mol. The van der Waals surface area contributed by atoms with Gasteiger partial charge in [-0.25, -0.2) is 17.2 Å². The van der Waals surface area contributed by atoms with E-state index in [-0.39, 0.29) is 18.2 Å². The van der Waals surface area contributed by atoms with E-state index in [4.69, 9.17) is 4.74 Å². The van der Waals surface area contributed by atoms with Gasteiger partial charge >= 0.3 is 0 Å². The zero-order chi connectivity index (χ0) is 16.6. The standard InChI is InChI=1S/C14H10F2N2O4S/c15-8-1-4-13(10(16)5-8)23(20,21)18-9-2-3-12-11(6-9)17-14(19)7-22-12/h1-6,18H,7H2,(H,17,19). The fraction of sp³-hybridized carbons (Fsp3) is 0.0714. The van der Waals surface area contributed by atoms with Crippen LogP contribution in [0.2, 0.25) is 0 Å². The van der Waals surface area contributed by atoms with Gasteiger partial charge in [0.15, 0.2) is 6.61 Å². The van der Waals surface area contributed by atoms with E-state index >= 15 is 0 Å². The summed E-state index contributed by atoms with van der Waals surface area (Å²) in [4.78, 5) is 10.6. The van der Waals surface area contributed by atoms with Crippen LogP contribution in [-0.2, 0) is 14.8 Å². The summed E-state index contributed by atoms with van der Waals surface area (Å²) in [7, 11) is -4.25. The van der Waals surface area contributed by atoms with E-state index in [0.29, 0.717) is 17.5 Å². The number of amides is 1. The molecule has 3 rings (SSSR count). The Bertz CT molecular complexity index is 900. The molecule has 0 aliphatic carbocycles. The lowest BCUT2D eigenvalue weighted by atomic mass is 10.2. The molecule has 0 saturated heterocycles. The predicted octanol–water partition coefficient (Wildman–Crippen LogP) is 2.10. The van der Waals surface area contributed by atoms with Gasteiger partial charge < -0.3 is 10.1 Å². The zero-order valence-corrected chi connectivity index (χ0v) is 12.3. The zero-order valence-electron chi connectivity index (χ0n) is 11.5. The summed E-state index contributed by atoms with van der Waals surface area (Å²) in [5.41, 5.74) is 0.388. The highest BCUT2D eigenvalue weighted by Gasteiger charge is 2.21. The van der Waals surface area contributed by atoms with Crippen molar-refractivity contribution >= 4 is 27.3 Å². The van der Waals surface area contributed by atoms with Crippen LogP contribution in [0.4, 0.5) is 20.2 Å². The number of carbonyl (C=O) groups excluding carboxylic acids is 1. The molecular formula is C14H10F2N2O4S. The minimum Gasteiger partial charge on any atom is -0.482 e. The Balaban J connectivity index is 1.92. The van der Waals surface area contributed by atoms with Gasteiger partial charge in [-0.05, 0) is 30.3 Å². The van der Waals surface area contributed by atoms with Crippen LogP contribution in [0.25, 0.3) is 0 Å². The summed E-state index contributed by atoms with van der Waals surface area (Å²) in [5.74, 6) is -2.07. The molecule has 1 heterocycles. The highest BCUT2D eigenvalue weighted by molar-refractivity contribution is 7.92. The lowest BCUT2D eigenvalue weighted by molar-refractivity contribution is -0.118. The van der Waals surface area contributed by atoms with E-state index in [1.54, 1.807) is 0 Å². The van der Waals surface area contributed by atoms with E-state index in [0.717, 1.165) is 12.1 Å². The number of hydrogen-bond donors (Lipinski definition) is 2. The number of sulfonamides is 1. The lowest BCUT2D eigenvalue weighted by Crippen LogP contribution is -2.25. The van der Waals surface area contributed by atoms with Crippen molar-refractivity contribution in [2.24, 2.45) is 0 Å². The van der Waals surface area contributed by atoms with Crippen LogP contribution < -0.4 is 14.8 Å². The normalized spacial score (nSPS) is 13.7. The fourth-order valence-corrected chi connectivity index (χ4v) is 3.16. The maximum Gasteiger partial charge on any atom is 0.264 e. The Morgan fingerprint density at radius 2 is 1.91 bits per heavy atom. The van der Waals surface area contributed by atoms with Gasteiger partial charge in [0.1, 0.15) is 22.3 Å². The van der Waals surface area contributed by atoms with Crippen LogP contribution in [0.3, 0.4) is 0 Å². The summed E-state index contributed by atoms with van der Waals surface area (Å²) in [5, 5.41) is 2.52. The molecule has 1 aliphatic rings. The third kappa shape index (κ3) is 3.09. The van der Waals surface area contributed by atoms with Gasteiger partial charge in [-0.15, -0.1) is 0 Å². The number of benzene rings is 2. The van der Waals surface area contributed by atoms with Crippen LogP contribution in [0, 0.1) is 11.6 Å². The fourth-order valence-electron chi connectivity index (χ4n) is 2.05. The first-order valence-corrected chi connectivity index (χ1v) is 7.88. The monoisotopic (exact) mass is 340 g/mol. The molecule has 0 radical (unpaired) electrons. The van der Waals surface area contributed by atoms with Crippen LogP contribution in [0.15, 0.2) is 41.3 Å². The number of hydrogen-bond acceptors (Lipinski definition) is 4. The van der Waals surface area contributed by atoms with Crippen molar-refractivity contribution in [2.45, 2.75) is 4.90 Å². The van der Waals surface area contributed by atoms with E-state index in [1.807, 2.05) is 0 Å². The van der Waals surface area contributed by atoms with Crippen LogP contribution in [0.5, 0.6) is 5.75 Å². The number of ether oxygens (including phenoxy) is 1. The minimum atomic E-state index is -4.25. The van der Waals surface area contributed by atoms with Crippen molar-refractivity contribution in [3.05, 3.63) is 48.0 Å². The highest BCUT2D eigenvalue weighted by Crippen LogP contribution is 2.31.